The molecule has 0 heterocycles. The molecule has 1 aliphatic carbocycles. The fourth-order valence-electron chi connectivity index (χ4n) is 2.31. The maximum Gasteiger partial charge on any atom is 0.313 e. The van der Waals surface area contributed by atoms with Crippen LogP contribution in [0.5, 0.6) is 0 Å². The zero-order valence-electron chi connectivity index (χ0n) is 12.5. The van der Waals surface area contributed by atoms with Gasteiger partial charge in [-0.2, -0.15) is 0 Å². The van der Waals surface area contributed by atoms with Crippen LogP contribution in [0.4, 0.5) is 0 Å². The number of carbonyl (C=O) groups is 1. The number of ether oxygens (including phenoxy) is 1. The van der Waals surface area contributed by atoms with Crippen LogP contribution < -0.4 is 0 Å². The van der Waals surface area contributed by atoms with Gasteiger partial charge in [0.2, 0.25) is 0 Å². The molecule has 0 aromatic carbocycles. The Balaban J connectivity index is 2.74. The van der Waals surface area contributed by atoms with Gasteiger partial charge in [-0.1, -0.05) is 34.6 Å². The Morgan fingerprint density at radius 2 is 1.71 bits per heavy atom. The molecule has 0 aromatic rings. The first kappa shape index (κ1) is 14.5. The molecule has 0 bridgehead atoms. The molecular formula is C15H28O2. The van der Waals surface area contributed by atoms with Gasteiger partial charge in [0.15, 0.2) is 0 Å². The average Bonchev–Trinajstić information content (AvgIpc) is 2.94. The standard InChI is InChI=1S/C15H28O2/c1-8-11(2)14(6,7)17-12(16)15(9-10-15)13(3,4)5/h11H,8-10H2,1-7H3/t11-/m1/s1. The minimum atomic E-state index is -0.354. The van der Waals surface area contributed by atoms with Gasteiger partial charge in [0.25, 0.3) is 0 Å². The van der Waals surface area contributed by atoms with Gasteiger partial charge in [-0.3, -0.25) is 4.79 Å². The zero-order valence-corrected chi connectivity index (χ0v) is 12.5. The number of carbonyl (C=O) groups excluding carboxylic acids is 1. The van der Waals surface area contributed by atoms with Gasteiger partial charge in [-0.05, 0) is 44.4 Å². The predicted molar refractivity (Wildman–Crippen MR) is 70.7 cm³/mol. The van der Waals surface area contributed by atoms with Gasteiger partial charge >= 0.3 is 5.97 Å². The number of esters is 1. The molecule has 1 aliphatic rings. The summed E-state index contributed by atoms with van der Waals surface area (Å²) in [6, 6.07) is 0. The third-order valence-electron chi connectivity index (χ3n) is 4.73. The summed E-state index contributed by atoms with van der Waals surface area (Å²) in [7, 11) is 0. The third-order valence-corrected chi connectivity index (χ3v) is 4.73. The Bertz CT molecular complexity index is 293. The first-order valence-corrected chi connectivity index (χ1v) is 6.80. The van der Waals surface area contributed by atoms with E-state index in [1.165, 1.54) is 0 Å². The zero-order chi connectivity index (χ0) is 13.5. The molecule has 1 fully saturated rings. The van der Waals surface area contributed by atoms with Crippen LogP contribution in [0.2, 0.25) is 0 Å². The summed E-state index contributed by atoms with van der Waals surface area (Å²) >= 11 is 0. The quantitative estimate of drug-likeness (QED) is 0.689. The minimum Gasteiger partial charge on any atom is -0.459 e. The molecule has 1 rings (SSSR count). The van der Waals surface area contributed by atoms with Crippen molar-refractivity contribution in [3.05, 3.63) is 0 Å². The van der Waals surface area contributed by atoms with E-state index in [0.717, 1.165) is 19.3 Å². The lowest BCUT2D eigenvalue weighted by Gasteiger charge is -2.36. The van der Waals surface area contributed by atoms with E-state index in [-0.39, 0.29) is 22.4 Å². The van der Waals surface area contributed by atoms with Gasteiger partial charge in [-0.15, -0.1) is 0 Å². The maximum atomic E-state index is 12.4. The first-order chi connectivity index (χ1) is 7.57. The molecule has 0 N–H and O–H groups in total. The second-order valence-electron chi connectivity index (χ2n) is 7.13. The van der Waals surface area contributed by atoms with Crippen LogP contribution in [0.3, 0.4) is 0 Å². The second kappa shape index (κ2) is 4.29. The van der Waals surface area contributed by atoms with Crippen LogP contribution in [0.1, 0.15) is 67.7 Å². The molecule has 2 nitrogen and oxygen atoms in total. The summed E-state index contributed by atoms with van der Waals surface area (Å²) in [6.07, 6.45) is 2.99. The van der Waals surface area contributed by atoms with Crippen molar-refractivity contribution in [3.8, 4) is 0 Å². The average molecular weight is 240 g/mol. The van der Waals surface area contributed by atoms with Gasteiger partial charge < -0.3 is 4.74 Å². The molecule has 1 atom stereocenters. The largest absolute Gasteiger partial charge is 0.459 e. The van der Waals surface area contributed by atoms with Crippen molar-refractivity contribution in [2.24, 2.45) is 16.7 Å². The normalized spacial score (nSPS) is 20.9. The van der Waals surface area contributed by atoms with Crippen molar-refractivity contribution in [1.82, 2.24) is 0 Å². The fraction of sp³-hybridized carbons (Fsp3) is 0.933. The molecule has 0 aliphatic heterocycles. The monoisotopic (exact) mass is 240 g/mol. The molecule has 0 aromatic heterocycles. The molecule has 100 valence electrons. The summed E-state index contributed by atoms with van der Waals surface area (Å²) in [5, 5.41) is 0. The lowest BCUT2D eigenvalue weighted by Crippen LogP contribution is -2.41. The van der Waals surface area contributed by atoms with E-state index in [2.05, 4.69) is 34.6 Å². The molecule has 0 unspecified atom stereocenters. The Kier molecular flexibility index (Phi) is 3.67. The highest BCUT2D eigenvalue weighted by atomic mass is 16.6. The van der Waals surface area contributed by atoms with Crippen LogP contribution in [0.15, 0.2) is 0 Å². The topological polar surface area (TPSA) is 26.3 Å². The van der Waals surface area contributed by atoms with E-state index in [1.54, 1.807) is 0 Å². The van der Waals surface area contributed by atoms with Crippen molar-refractivity contribution in [1.29, 1.82) is 0 Å². The molecule has 2 heteroatoms. The number of hydrogen-bond acceptors (Lipinski definition) is 2. The van der Waals surface area contributed by atoms with Crippen molar-refractivity contribution in [2.75, 3.05) is 0 Å². The summed E-state index contributed by atoms with van der Waals surface area (Å²) < 4.78 is 5.81. The minimum absolute atomic E-state index is 0.00954. The van der Waals surface area contributed by atoms with Crippen LogP contribution in [-0.2, 0) is 9.53 Å². The van der Waals surface area contributed by atoms with Crippen LogP contribution in [0, 0.1) is 16.7 Å². The van der Waals surface area contributed by atoms with Gasteiger partial charge in [0.05, 0.1) is 5.41 Å². The van der Waals surface area contributed by atoms with Crippen molar-refractivity contribution in [3.63, 3.8) is 0 Å². The van der Waals surface area contributed by atoms with E-state index in [1.807, 2.05) is 13.8 Å². The first-order valence-electron chi connectivity index (χ1n) is 6.80. The fourth-order valence-corrected chi connectivity index (χ4v) is 2.31. The second-order valence-corrected chi connectivity index (χ2v) is 7.13. The van der Waals surface area contributed by atoms with Crippen molar-refractivity contribution < 1.29 is 9.53 Å². The Morgan fingerprint density at radius 3 is 2.00 bits per heavy atom. The number of hydrogen-bond donors (Lipinski definition) is 0. The SMILES string of the molecule is CC[C@@H](C)C(C)(C)OC(=O)C1(C(C)(C)C)CC1. The maximum absolute atomic E-state index is 12.4. The van der Waals surface area contributed by atoms with E-state index in [0.29, 0.717) is 5.92 Å². The summed E-state index contributed by atoms with van der Waals surface area (Å²) in [5.74, 6) is 0.400. The number of rotatable bonds is 4. The van der Waals surface area contributed by atoms with E-state index >= 15 is 0 Å². The van der Waals surface area contributed by atoms with Crippen LogP contribution in [0.25, 0.3) is 0 Å². The van der Waals surface area contributed by atoms with Crippen molar-refractivity contribution >= 4 is 5.97 Å². The molecule has 0 spiro atoms. The summed E-state index contributed by atoms with van der Waals surface area (Å²) in [6.45, 7) is 14.7. The summed E-state index contributed by atoms with van der Waals surface area (Å²) in [4.78, 5) is 12.4. The lowest BCUT2D eigenvalue weighted by atomic mass is 9.77. The highest BCUT2D eigenvalue weighted by molar-refractivity contribution is 5.81. The molecule has 0 radical (unpaired) electrons. The third kappa shape index (κ3) is 2.66. The molecule has 0 amide bonds. The highest BCUT2D eigenvalue weighted by Crippen LogP contribution is 2.59. The highest BCUT2D eigenvalue weighted by Gasteiger charge is 2.60. The van der Waals surface area contributed by atoms with Crippen molar-refractivity contribution in [2.45, 2.75) is 73.3 Å². The van der Waals surface area contributed by atoms with Gasteiger partial charge in [0, 0.05) is 0 Å². The summed E-state index contributed by atoms with van der Waals surface area (Å²) in [5.41, 5.74) is -0.569. The molecule has 0 saturated heterocycles. The van der Waals surface area contributed by atoms with E-state index in [4.69, 9.17) is 4.74 Å². The van der Waals surface area contributed by atoms with Crippen LogP contribution in [-0.4, -0.2) is 11.6 Å². The lowest BCUT2D eigenvalue weighted by molar-refractivity contribution is -0.172. The molecular weight excluding hydrogens is 212 g/mol. The Labute approximate surface area is 106 Å². The van der Waals surface area contributed by atoms with Gasteiger partial charge in [0.1, 0.15) is 5.60 Å². The predicted octanol–water partition coefficient (Wildman–Crippen LogP) is 4.18. The van der Waals surface area contributed by atoms with Crippen LogP contribution >= 0.6 is 0 Å². The van der Waals surface area contributed by atoms with E-state index in [9.17, 15) is 4.79 Å². The Morgan fingerprint density at radius 1 is 1.24 bits per heavy atom. The molecule has 1 saturated carbocycles. The van der Waals surface area contributed by atoms with Gasteiger partial charge in [-0.25, -0.2) is 0 Å². The molecule has 17 heavy (non-hydrogen) atoms. The van der Waals surface area contributed by atoms with E-state index < -0.39 is 0 Å². The Hall–Kier alpha value is -0.530. The smallest absolute Gasteiger partial charge is 0.313 e.